The van der Waals surface area contributed by atoms with E-state index in [2.05, 4.69) is 5.32 Å². The maximum atomic E-state index is 14.1. The minimum Gasteiger partial charge on any atom is -0.495 e. The number of nitro groups is 1. The van der Waals surface area contributed by atoms with Gasteiger partial charge in [0.15, 0.2) is 0 Å². The molecule has 4 aliphatic heterocycles. The number of anilines is 2. The fraction of sp³-hybridized carbons (Fsp3) is 0.400. The number of imide groups is 1. The normalized spacial score (nSPS) is 30.5. The van der Waals surface area contributed by atoms with Crippen molar-refractivity contribution in [1.82, 2.24) is 0 Å². The zero-order valence-corrected chi connectivity index (χ0v) is 19.6. The number of nitrogens with one attached hydrogen (secondary N) is 2. The van der Waals surface area contributed by atoms with E-state index in [0.29, 0.717) is 6.54 Å². The Kier molecular flexibility index (Phi) is 4.41. The first kappa shape index (κ1) is 21.7. The number of aryl methyl sites for hydroxylation is 1. The Morgan fingerprint density at radius 3 is 2.66 bits per heavy atom. The van der Waals surface area contributed by atoms with Gasteiger partial charge in [-0.05, 0) is 37.1 Å². The Bertz CT molecular complexity index is 1360. The van der Waals surface area contributed by atoms with Crippen molar-refractivity contribution < 1.29 is 28.9 Å². The summed E-state index contributed by atoms with van der Waals surface area (Å²) in [6.45, 7) is 4.60. The Morgan fingerprint density at radius 1 is 1.17 bits per heavy atom. The van der Waals surface area contributed by atoms with Gasteiger partial charge in [-0.15, -0.1) is 0 Å². The molecule has 6 rings (SSSR count). The van der Waals surface area contributed by atoms with Gasteiger partial charge in [-0.3, -0.25) is 24.5 Å². The number of methoxy groups -OCH3 is 1. The second-order valence-corrected chi connectivity index (χ2v) is 9.84. The summed E-state index contributed by atoms with van der Waals surface area (Å²) in [5, 5.41) is 14.5. The highest BCUT2D eigenvalue weighted by molar-refractivity contribution is 6.26. The van der Waals surface area contributed by atoms with Crippen molar-refractivity contribution in [2.75, 3.05) is 23.9 Å². The lowest BCUT2D eigenvalue weighted by atomic mass is 9.75. The van der Waals surface area contributed by atoms with Gasteiger partial charge in [-0.2, -0.15) is 0 Å². The Morgan fingerprint density at radius 2 is 1.94 bits per heavy atom. The van der Waals surface area contributed by atoms with E-state index in [0.717, 1.165) is 45.0 Å². The van der Waals surface area contributed by atoms with Crippen LogP contribution in [0.25, 0.3) is 0 Å². The molecule has 3 saturated heterocycles. The molecule has 3 fully saturated rings. The molecule has 180 valence electrons. The molecule has 2 aromatic rings. The number of fused-ring (bicyclic) bond motifs is 7. The SMILES string of the molecule is COc1ccc([N+](=O)[O-])cc1N1C(=O)[C@H]2[C@@H](C1=O)[C@@]1(C(=O)Nc3c1ccc(C)c3C)[NH+]1CCC[C@@H]21. The summed E-state index contributed by atoms with van der Waals surface area (Å²) in [6, 6.07) is 7.52. The minimum atomic E-state index is -1.21. The molecule has 0 bridgehead atoms. The third-order valence-electron chi connectivity index (χ3n) is 8.54. The number of amides is 3. The number of hydrogen-bond donors (Lipinski definition) is 2. The molecule has 2 aromatic carbocycles. The molecule has 35 heavy (non-hydrogen) atoms. The largest absolute Gasteiger partial charge is 0.495 e. The maximum Gasteiger partial charge on any atom is 0.291 e. The van der Waals surface area contributed by atoms with Gasteiger partial charge >= 0.3 is 0 Å². The lowest BCUT2D eigenvalue weighted by Crippen LogP contribution is -3.19. The lowest BCUT2D eigenvalue weighted by Gasteiger charge is -2.33. The van der Waals surface area contributed by atoms with Crippen LogP contribution in [0.1, 0.15) is 29.5 Å². The first-order valence-corrected chi connectivity index (χ1v) is 11.7. The molecule has 4 aliphatic rings. The number of nitrogens with zero attached hydrogens (tertiary/aromatic N) is 2. The summed E-state index contributed by atoms with van der Waals surface area (Å²) in [7, 11) is 1.38. The summed E-state index contributed by atoms with van der Waals surface area (Å²) in [6.07, 6.45) is 1.57. The van der Waals surface area contributed by atoms with Crippen LogP contribution in [0, 0.1) is 35.8 Å². The first-order valence-electron chi connectivity index (χ1n) is 11.7. The Labute approximate surface area is 201 Å². The van der Waals surface area contributed by atoms with Gasteiger partial charge in [0, 0.05) is 30.5 Å². The average Bonchev–Trinajstić information content (AvgIpc) is 3.54. The van der Waals surface area contributed by atoms with Crippen molar-refractivity contribution >= 4 is 34.8 Å². The van der Waals surface area contributed by atoms with Crippen LogP contribution in [0.2, 0.25) is 0 Å². The van der Waals surface area contributed by atoms with Gasteiger partial charge in [0.2, 0.25) is 17.4 Å². The van der Waals surface area contributed by atoms with Gasteiger partial charge in [0.05, 0.1) is 24.3 Å². The highest BCUT2D eigenvalue weighted by Gasteiger charge is 2.78. The van der Waals surface area contributed by atoms with E-state index in [9.17, 15) is 24.5 Å². The Balaban J connectivity index is 1.56. The molecule has 3 amide bonds. The van der Waals surface area contributed by atoms with E-state index in [-0.39, 0.29) is 29.1 Å². The van der Waals surface area contributed by atoms with Crippen LogP contribution < -0.4 is 19.9 Å². The van der Waals surface area contributed by atoms with Gasteiger partial charge in [0.25, 0.3) is 11.6 Å². The molecule has 4 heterocycles. The minimum absolute atomic E-state index is 0.0412. The van der Waals surface area contributed by atoms with Crippen LogP contribution in [0.15, 0.2) is 30.3 Å². The summed E-state index contributed by atoms with van der Waals surface area (Å²) in [4.78, 5) is 54.7. The number of ether oxygens (including phenoxy) is 1. The summed E-state index contributed by atoms with van der Waals surface area (Å²) in [5.41, 5.74) is 2.03. The molecular formula is C25H25N4O6+. The van der Waals surface area contributed by atoms with Gasteiger partial charge in [-0.1, -0.05) is 6.07 Å². The Hall–Kier alpha value is -3.79. The number of non-ortho nitro benzene ring substituents is 1. The van der Waals surface area contributed by atoms with Crippen LogP contribution in [0.3, 0.4) is 0 Å². The van der Waals surface area contributed by atoms with Crippen molar-refractivity contribution in [1.29, 1.82) is 0 Å². The average molecular weight is 477 g/mol. The second-order valence-electron chi connectivity index (χ2n) is 9.84. The van der Waals surface area contributed by atoms with Crippen LogP contribution in [-0.4, -0.2) is 42.3 Å². The van der Waals surface area contributed by atoms with Crippen molar-refractivity contribution in [2.45, 2.75) is 38.3 Å². The summed E-state index contributed by atoms with van der Waals surface area (Å²) < 4.78 is 5.37. The van der Waals surface area contributed by atoms with E-state index in [4.69, 9.17) is 4.74 Å². The maximum absolute atomic E-state index is 14.1. The third kappa shape index (κ3) is 2.49. The number of carbonyl (C=O) groups is 3. The molecular weight excluding hydrogens is 452 g/mol. The van der Waals surface area contributed by atoms with Crippen molar-refractivity contribution in [3.05, 3.63) is 57.1 Å². The van der Waals surface area contributed by atoms with Crippen LogP contribution in [0.4, 0.5) is 17.1 Å². The van der Waals surface area contributed by atoms with E-state index < -0.39 is 34.1 Å². The second kappa shape index (κ2) is 7.11. The van der Waals surface area contributed by atoms with Gasteiger partial charge in [-0.25, -0.2) is 4.90 Å². The topological polar surface area (TPSA) is 123 Å². The van der Waals surface area contributed by atoms with Gasteiger partial charge < -0.3 is 15.0 Å². The summed E-state index contributed by atoms with van der Waals surface area (Å²) >= 11 is 0. The zero-order chi connectivity index (χ0) is 24.8. The number of rotatable bonds is 3. The van der Waals surface area contributed by atoms with E-state index in [1.807, 2.05) is 26.0 Å². The van der Waals surface area contributed by atoms with E-state index in [1.165, 1.54) is 25.3 Å². The molecule has 1 unspecified atom stereocenters. The van der Waals surface area contributed by atoms with Crippen molar-refractivity contribution in [3.8, 4) is 5.75 Å². The number of hydrogen-bond acceptors (Lipinski definition) is 6. The predicted octanol–water partition coefficient (Wildman–Crippen LogP) is 1.23. The molecule has 0 aromatic heterocycles. The quantitative estimate of drug-likeness (QED) is 0.390. The van der Waals surface area contributed by atoms with Crippen LogP contribution >= 0.6 is 0 Å². The smallest absolute Gasteiger partial charge is 0.291 e. The first-order chi connectivity index (χ1) is 16.7. The molecule has 10 heteroatoms. The fourth-order valence-electron chi connectivity index (χ4n) is 6.98. The number of carbonyl (C=O) groups excluding carboxylic acids is 3. The standard InChI is InChI=1S/C25H24N4O6/c1-12-6-8-15-21(13(12)2)26-24(32)25(15)20-19(16-5-4-10-27(16)25)22(30)28(23(20)31)17-11-14(29(33)34)7-9-18(17)35-3/h6-9,11,16,19-20H,4-5,10H2,1-3H3,(H,26,32)/p+1/t16-,19+,20-,25-/m0/s1. The molecule has 10 nitrogen and oxygen atoms in total. The number of nitro benzene ring substituents is 1. The van der Waals surface area contributed by atoms with Crippen molar-refractivity contribution in [3.63, 3.8) is 0 Å². The lowest BCUT2D eigenvalue weighted by molar-refractivity contribution is -0.948. The molecule has 0 saturated carbocycles. The molecule has 5 atom stereocenters. The molecule has 2 N–H and O–H groups in total. The molecule has 0 aliphatic carbocycles. The zero-order valence-electron chi connectivity index (χ0n) is 19.6. The summed E-state index contributed by atoms with van der Waals surface area (Å²) in [5.74, 6) is -2.61. The van der Waals surface area contributed by atoms with Crippen LogP contribution in [-0.2, 0) is 19.9 Å². The van der Waals surface area contributed by atoms with Crippen molar-refractivity contribution in [2.24, 2.45) is 11.8 Å². The fourth-order valence-corrected chi connectivity index (χ4v) is 6.98. The number of benzene rings is 2. The highest BCUT2D eigenvalue weighted by Crippen LogP contribution is 2.53. The molecule has 1 spiro atoms. The van der Waals surface area contributed by atoms with Crippen LogP contribution in [0.5, 0.6) is 5.75 Å². The predicted molar refractivity (Wildman–Crippen MR) is 124 cm³/mol. The van der Waals surface area contributed by atoms with E-state index in [1.54, 1.807) is 0 Å². The molecule has 0 radical (unpaired) electrons. The third-order valence-corrected chi connectivity index (χ3v) is 8.54. The monoisotopic (exact) mass is 477 g/mol. The highest BCUT2D eigenvalue weighted by atomic mass is 16.6. The number of quaternary nitrogens is 1. The van der Waals surface area contributed by atoms with Gasteiger partial charge in [0.1, 0.15) is 29.3 Å². The van der Waals surface area contributed by atoms with E-state index >= 15 is 0 Å².